The minimum absolute atomic E-state index is 0.104. The number of carbonyl (C=O) groups is 1. The van der Waals surface area contributed by atoms with Gasteiger partial charge in [-0.15, -0.1) is 0 Å². The molecule has 3 saturated carbocycles. The molecule has 0 bridgehead atoms. The van der Waals surface area contributed by atoms with Crippen molar-refractivity contribution >= 4 is 21.8 Å². The molecule has 2 N–H and O–H groups in total. The molecule has 39 heavy (non-hydrogen) atoms. The number of rotatable bonds is 9. The molecule has 4 aliphatic rings. The van der Waals surface area contributed by atoms with Crippen molar-refractivity contribution in [2.24, 2.45) is 16.3 Å². The highest BCUT2D eigenvalue weighted by atomic mass is 32.2. The van der Waals surface area contributed by atoms with Gasteiger partial charge in [0, 0.05) is 13.1 Å². The predicted molar refractivity (Wildman–Crippen MR) is 135 cm³/mol. The molecule has 1 heterocycles. The Labute approximate surface area is 223 Å². The van der Waals surface area contributed by atoms with E-state index in [-0.39, 0.29) is 23.9 Å². The third-order valence-electron chi connectivity index (χ3n) is 8.62. The molecular weight excluding hydrogens is 536 g/mol. The van der Waals surface area contributed by atoms with Crippen LogP contribution in [0, 0.1) is 17.2 Å². The Morgan fingerprint density at radius 1 is 1.08 bits per heavy atom. The summed E-state index contributed by atoms with van der Waals surface area (Å²) >= 11 is 0. The molecule has 2 aromatic carbocycles. The Hall–Kier alpha value is -2.99. The number of amides is 1. The Kier molecular flexibility index (Phi) is 6.07. The van der Waals surface area contributed by atoms with Crippen LogP contribution in [0.5, 0.6) is 0 Å². The fraction of sp³-hybridized carbons (Fsp3) is 0.481. The average molecular weight is 565 g/mol. The van der Waals surface area contributed by atoms with E-state index in [4.69, 9.17) is 0 Å². The van der Waals surface area contributed by atoms with Crippen LogP contribution in [0.1, 0.15) is 43.2 Å². The number of amidine groups is 1. The molecule has 1 atom stereocenters. The zero-order chi connectivity index (χ0) is 27.6. The molecule has 6 rings (SSSR count). The van der Waals surface area contributed by atoms with Crippen molar-refractivity contribution in [3.05, 3.63) is 65.5 Å². The van der Waals surface area contributed by atoms with Gasteiger partial charge in [0.15, 0.2) is 0 Å². The van der Waals surface area contributed by atoms with Gasteiger partial charge in [-0.1, -0.05) is 18.6 Å². The van der Waals surface area contributed by atoms with E-state index in [0.29, 0.717) is 36.7 Å². The second-order valence-corrected chi connectivity index (χ2v) is 12.9. The molecule has 0 radical (unpaired) electrons. The van der Waals surface area contributed by atoms with Crippen LogP contribution in [0.4, 0.5) is 17.6 Å². The molecule has 2 aromatic rings. The van der Waals surface area contributed by atoms with Gasteiger partial charge in [-0.3, -0.25) is 9.79 Å². The first-order valence-electron chi connectivity index (χ1n) is 13.0. The van der Waals surface area contributed by atoms with Crippen LogP contribution in [0.2, 0.25) is 0 Å². The summed E-state index contributed by atoms with van der Waals surface area (Å²) in [4.78, 5) is 17.1. The number of aliphatic imine (C=N–C) groups is 1. The van der Waals surface area contributed by atoms with Crippen LogP contribution in [-0.2, 0) is 27.5 Å². The van der Waals surface area contributed by atoms with Gasteiger partial charge in [0.05, 0.1) is 28.0 Å². The molecule has 7 nitrogen and oxygen atoms in total. The molecule has 0 unspecified atom stereocenters. The standard InChI is InChI=1S/C27H28F4N4O3S/c28-20-8-10-21(11-9-20)39(37,38)35(14-18-4-6-19(7-5-18)27(29,30)31)26-15-25(26,16-26)24-33-13-22(34-24)23(36)32-12-17-2-1-3-17/h4-11,17,22H,1-3,12-16H2,(H,32,36)(H,33,34)/t22-,25?,26?/m1/s1. The van der Waals surface area contributed by atoms with Crippen LogP contribution < -0.4 is 10.6 Å². The molecule has 1 aliphatic heterocycles. The van der Waals surface area contributed by atoms with Gasteiger partial charge in [-0.25, -0.2) is 12.8 Å². The van der Waals surface area contributed by atoms with E-state index in [1.807, 2.05) is 0 Å². The lowest BCUT2D eigenvalue weighted by Gasteiger charge is -2.26. The molecule has 3 aliphatic carbocycles. The van der Waals surface area contributed by atoms with Gasteiger partial charge >= 0.3 is 6.18 Å². The second kappa shape index (κ2) is 9.02. The Morgan fingerprint density at radius 2 is 1.74 bits per heavy atom. The smallest absolute Gasteiger partial charge is 0.360 e. The summed E-state index contributed by atoms with van der Waals surface area (Å²) in [7, 11) is -4.14. The van der Waals surface area contributed by atoms with E-state index in [2.05, 4.69) is 15.6 Å². The van der Waals surface area contributed by atoms with Crippen molar-refractivity contribution in [2.75, 3.05) is 13.1 Å². The van der Waals surface area contributed by atoms with Gasteiger partial charge < -0.3 is 10.6 Å². The van der Waals surface area contributed by atoms with E-state index in [1.54, 1.807) is 0 Å². The Balaban J connectivity index is 1.22. The van der Waals surface area contributed by atoms with Crippen molar-refractivity contribution in [3.63, 3.8) is 0 Å². The summed E-state index contributed by atoms with van der Waals surface area (Å²) in [6.07, 6.45) is -0.144. The van der Waals surface area contributed by atoms with Gasteiger partial charge in [-0.2, -0.15) is 17.5 Å². The van der Waals surface area contributed by atoms with Gasteiger partial charge in [0.25, 0.3) is 0 Å². The molecule has 208 valence electrons. The average Bonchev–Trinajstić information content (AvgIpc) is 3.60. The van der Waals surface area contributed by atoms with Crippen molar-refractivity contribution in [1.29, 1.82) is 0 Å². The first-order valence-corrected chi connectivity index (χ1v) is 14.4. The van der Waals surface area contributed by atoms with E-state index in [0.717, 1.165) is 37.1 Å². The molecule has 12 heteroatoms. The number of halogens is 4. The van der Waals surface area contributed by atoms with Gasteiger partial charge in [-0.05, 0) is 73.6 Å². The summed E-state index contributed by atoms with van der Waals surface area (Å²) in [5.74, 6) is 0.395. The minimum atomic E-state index is -4.51. The maximum Gasteiger partial charge on any atom is 0.416 e. The molecule has 0 saturated heterocycles. The van der Waals surface area contributed by atoms with Crippen molar-refractivity contribution in [3.8, 4) is 0 Å². The largest absolute Gasteiger partial charge is 0.416 e. The quantitative estimate of drug-likeness (QED) is 0.453. The lowest BCUT2D eigenvalue weighted by atomic mass is 9.85. The monoisotopic (exact) mass is 564 g/mol. The maximum absolute atomic E-state index is 13.8. The van der Waals surface area contributed by atoms with Gasteiger partial charge in [0.2, 0.25) is 15.9 Å². The zero-order valence-corrected chi connectivity index (χ0v) is 21.8. The number of benzene rings is 2. The molecule has 0 spiro atoms. The van der Waals surface area contributed by atoms with E-state index < -0.39 is 44.6 Å². The summed E-state index contributed by atoms with van der Waals surface area (Å²) in [5.41, 5.74) is -1.82. The predicted octanol–water partition coefficient (Wildman–Crippen LogP) is 3.85. The molecule has 3 fully saturated rings. The topological polar surface area (TPSA) is 90.9 Å². The van der Waals surface area contributed by atoms with Crippen LogP contribution >= 0.6 is 0 Å². The maximum atomic E-state index is 13.8. The van der Waals surface area contributed by atoms with Crippen LogP contribution in [0.15, 0.2) is 58.4 Å². The zero-order valence-electron chi connectivity index (χ0n) is 21.0. The highest BCUT2D eigenvalue weighted by molar-refractivity contribution is 7.89. The number of carbonyl (C=O) groups excluding carboxylic acids is 1. The van der Waals surface area contributed by atoms with Gasteiger partial charge in [0.1, 0.15) is 17.7 Å². The SMILES string of the molecule is O=C(NCC1CCC1)[C@H]1CN=C(C23CC2(N(Cc2ccc(C(F)(F)F)cc2)S(=O)(=O)c2ccc(F)cc2)C3)N1. The van der Waals surface area contributed by atoms with E-state index in [9.17, 15) is 30.8 Å². The fourth-order valence-corrected chi connectivity index (χ4v) is 7.59. The summed E-state index contributed by atoms with van der Waals surface area (Å²) in [6.45, 7) is 0.740. The van der Waals surface area contributed by atoms with Crippen LogP contribution in [0.25, 0.3) is 0 Å². The van der Waals surface area contributed by atoms with Crippen LogP contribution in [0.3, 0.4) is 0 Å². The Bertz CT molecular complexity index is 1410. The number of nitrogens with zero attached hydrogens (tertiary/aromatic N) is 2. The molecule has 0 aromatic heterocycles. The molecule has 1 amide bonds. The summed E-state index contributed by atoms with van der Waals surface area (Å²) in [5, 5.41) is 6.17. The summed E-state index contributed by atoms with van der Waals surface area (Å²) < 4.78 is 81.7. The number of hydrogen-bond donors (Lipinski definition) is 2. The first kappa shape index (κ1) is 26.2. The summed E-state index contributed by atoms with van der Waals surface area (Å²) in [6, 6.07) is 8.36. The van der Waals surface area contributed by atoms with E-state index >= 15 is 0 Å². The van der Waals surface area contributed by atoms with Crippen molar-refractivity contribution in [2.45, 2.75) is 61.3 Å². The third-order valence-corrected chi connectivity index (χ3v) is 10.5. The number of hydrogen-bond acceptors (Lipinski definition) is 5. The highest BCUT2D eigenvalue weighted by Gasteiger charge is 2.89. The Morgan fingerprint density at radius 3 is 2.33 bits per heavy atom. The second-order valence-electron chi connectivity index (χ2n) is 11.1. The number of fused-ring (bicyclic) bond motifs is 1. The normalized spacial score (nSPS) is 27.8. The van der Waals surface area contributed by atoms with E-state index in [1.165, 1.54) is 35.0 Å². The van der Waals surface area contributed by atoms with Crippen molar-refractivity contribution < 1.29 is 30.8 Å². The minimum Gasteiger partial charge on any atom is -0.360 e. The van der Waals surface area contributed by atoms with Crippen molar-refractivity contribution in [1.82, 2.24) is 14.9 Å². The number of alkyl halides is 3. The molecular formula is C27H28F4N4O3S. The van der Waals surface area contributed by atoms with Crippen LogP contribution in [-0.4, -0.2) is 49.1 Å². The first-order chi connectivity index (χ1) is 18.4. The number of sulfonamides is 1. The highest BCUT2D eigenvalue weighted by Crippen LogP contribution is 2.82. The lowest BCUT2D eigenvalue weighted by Crippen LogP contribution is -2.47. The third kappa shape index (κ3) is 4.51. The lowest BCUT2D eigenvalue weighted by molar-refractivity contribution is -0.137. The number of nitrogens with one attached hydrogen (secondary N) is 2. The fourth-order valence-electron chi connectivity index (χ4n) is 5.77.